The number of aromatic nitrogens is 3. The van der Waals surface area contributed by atoms with E-state index in [0.717, 1.165) is 11.1 Å². The number of hydrogen-bond donors (Lipinski definition) is 1. The molecule has 0 atom stereocenters. The maximum Gasteiger partial charge on any atom is 0.243 e. The molecule has 0 aliphatic carbocycles. The molecule has 0 spiro atoms. The van der Waals surface area contributed by atoms with Gasteiger partial charge in [-0.25, -0.2) is 8.42 Å². The molecule has 0 saturated carbocycles. The van der Waals surface area contributed by atoms with Crippen LogP contribution in [-0.4, -0.2) is 51.8 Å². The fourth-order valence-corrected chi connectivity index (χ4v) is 5.00. The van der Waals surface area contributed by atoms with Gasteiger partial charge in [0.1, 0.15) is 11.3 Å². The van der Waals surface area contributed by atoms with E-state index in [1.807, 2.05) is 25.4 Å². The minimum absolute atomic E-state index is 0.124. The van der Waals surface area contributed by atoms with Gasteiger partial charge in [0.2, 0.25) is 10.0 Å². The molecule has 1 fully saturated rings. The summed E-state index contributed by atoms with van der Waals surface area (Å²) in [6, 6.07) is 10.4. The van der Waals surface area contributed by atoms with E-state index in [4.69, 9.17) is 4.42 Å². The molecule has 0 unspecified atom stereocenters. The Balaban J connectivity index is 1.58. The Hall–Kier alpha value is -3.01. The average molecular weight is 410 g/mol. The monoisotopic (exact) mass is 410 g/mol. The summed E-state index contributed by atoms with van der Waals surface area (Å²) in [6.07, 6.45) is 4.65. The van der Waals surface area contributed by atoms with Crippen molar-refractivity contribution >= 4 is 21.1 Å². The van der Waals surface area contributed by atoms with Crippen molar-refractivity contribution in [1.29, 1.82) is 0 Å². The van der Waals surface area contributed by atoms with E-state index in [1.165, 1.54) is 4.31 Å². The second-order valence-corrected chi connectivity index (χ2v) is 9.03. The van der Waals surface area contributed by atoms with Gasteiger partial charge in [-0.2, -0.15) is 9.40 Å². The highest BCUT2D eigenvalue weighted by Gasteiger charge is 2.35. The maximum atomic E-state index is 12.8. The number of aliphatic hydroxyl groups is 1. The van der Waals surface area contributed by atoms with Crippen LogP contribution in [0.3, 0.4) is 0 Å². The highest BCUT2D eigenvalue weighted by Crippen LogP contribution is 2.34. The van der Waals surface area contributed by atoms with Gasteiger partial charge in [0.05, 0.1) is 22.8 Å². The van der Waals surface area contributed by atoms with Crippen molar-refractivity contribution in [2.75, 3.05) is 13.1 Å². The van der Waals surface area contributed by atoms with E-state index < -0.39 is 16.1 Å². The normalized spacial score (nSPS) is 15.7. The number of pyridine rings is 1. The number of hydrogen-bond acceptors (Lipinski definition) is 6. The summed E-state index contributed by atoms with van der Waals surface area (Å²) in [6.45, 7) is 0.247. The first kappa shape index (κ1) is 18.0. The van der Waals surface area contributed by atoms with Crippen molar-refractivity contribution in [3.63, 3.8) is 0 Å². The van der Waals surface area contributed by atoms with E-state index in [-0.39, 0.29) is 18.0 Å². The van der Waals surface area contributed by atoms with Crippen molar-refractivity contribution in [1.82, 2.24) is 19.1 Å². The summed E-state index contributed by atoms with van der Waals surface area (Å²) in [5, 5.41) is 13.6. The van der Waals surface area contributed by atoms with Crippen molar-refractivity contribution in [2.24, 2.45) is 7.05 Å². The van der Waals surface area contributed by atoms with Crippen LogP contribution in [0.1, 0.15) is 0 Å². The number of rotatable bonds is 4. The zero-order valence-electron chi connectivity index (χ0n) is 15.6. The number of aliphatic hydroxyl groups excluding tert-OH is 1. The van der Waals surface area contributed by atoms with Gasteiger partial charge in [-0.1, -0.05) is 12.1 Å². The first-order chi connectivity index (χ1) is 13.9. The highest BCUT2D eigenvalue weighted by molar-refractivity contribution is 7.89. The first-order valence-corrected chi connectivity index (χ1v) is 10.5. The molecule has 0 amide bonds. The summed E-state index contributed by atoms with van der Waals surface area (Å²) < 4.78 is 34.6. The van der Waals surface area contributed by atoms with E-state index in [2.05, 4.69) is 10.1 Å². The largest absolute Gasteiger partial charge is 0.454 e. The van der Waals surface area contributed by atoms with Gasteiger partial charge < -0.3 is 9.52 Å². The Morgan fingerprint density at radius 3 is 2.72 bits per heavy atom. The SMILES string of the molecule is Cn1cc(-c2cc3nccc(-c4cccc(S(=O)(=O)N5CC(O)C5)c4)c3o2)cn1. The smallest absolute Gasteiger partial charge is 0.243 e. The second kappa shape index (κ2) is 6.51. The average Bonchev–Trinajstić information content (AvgIpc) is 3.31. The number of fused-ring (bicyclic) bond motifs is 1. The minimum Gasteiger partial charge on any atom is -0.454 e. The fourth-order valence-electron chi connectivity index (χ4n) is 3.44. The topological polar surface area (TPSA) is 101 Å². The number of sulfonamides is 1. The van der Waals surface area contributed by atoms with E-state index in [9.17, 15) is 13.5 Å². The maximum absolute atomic E-state index is 12.8. The van der Waals surface area contributed by atoms with Crippen LogP contribution in [0.15, 0.2) is 64.3 Å². The zero-order chi connectivity index (χ0) is 20.2. The molecule has 8 nitrogen and oxygen atoms in total. The summed E-state index contributed by atoms with van der Waals surface area (Å²) in [7, 11) is -1.81. The number of aryl methyl sites for hydroxylation is 1. The van der Waals surface area contributed by atoms with Gasteiger partial charge in [-0.05, 0) is 23.8 Å². The molecule has 4 aromatic rings. The molecule has 148 valence electrons. The lowest BCUT2D eigenvalue weighted by Gasteiger charge is -2.34. The van der Waals surface area contributed by atoms with Crippen LogP contribution in [0.2, 0.25) is 0 Å². The zero-order valence-corrected chi connectivity index (χ0v) is 16.4. The molecule has 9 heteroatoms. The van der Waals surface area contributed by atoms with Gasteiger partial charge in [0.15, 0.2) is 5.58 Å². The number of benzene rings is 1. The van der Waals surface area contributed by atoms with E-state index in [0.29, 0.717) is 22.4 Å². The summed E-state index contributed by atoms with van der Waals surface area (Å²) in [4.78, 5) is 4.56. The van der Waals surface area contributed by atoms with Crippen molar-refractivity contribution in [3.8, 4) is 22.5 Å². The first-order valence-electron chi connectivity index (χ1n) is 9.08. The standard InChI is InChI=1S/C20H18N4O4S/c1-23-10-14(9-22-23)19-8-18-20(28-19)17(5-6-21-18)13-3-2-4-16(7-13)29(26,27)24-11-15(25)12-24/h2-10,15,25H,11-12H2,1H3. The van der Waals surface area contributed by atoms with Crippen LogP contribution in [0.4, 0.5) is 0 Å². The van der Waals surface area contributed by atoms with Gasteiger partial charge >= 0.3 is 0 Å². The lowest BCUT2D eigenvalue weighted by Crippen LogP contribution is -2.53. The minimum atomic E-state index is -3.64. The Morgan fingerprint density at radius 1 is 1.17 bits per heavy atom. The van der Waals surface area contributed by atoms with Crippen LogP contribution in [0, 0.1) is 0 Å². The molecule has 4 heterocycles. The third-order valence-corrected chi connectivity index (χ3v) is 6.84. The van der Waals surface area contributed by atoms with Gasteiger partial charge in [-0.3, -0.25) is 9.67 Å². The van der Waals surface area contributed by atoms with Crippen LogP contribution < -0.4 is 0 Å². The third-order valence-electron chi connectivity index (χ3n) is 5.01. The van der Waals surface area contributed by atoms with Crippen LogP contribution in [0.25, 0.3) is 33.6 Å². The predicted molar refractivity (Wildman–Crippen MR) is 106 cm³/mol. The van der Waals surface area contributed by atoms with Crippen LogP contribution in [0.5, 0.6) is 0 Å². The second-order valence-electron chi connectivity index (χ2n) is 7.09. The molecule has 3 aromatic heterocycles. The molecule has 1 saturated heterocycles. The lowest BCUT2D eigenvalue weighted by molar-refractivity contribution is 0.0548. The Labute approximate surface area is 167 Å². The molecule has 1 aromatic carbocycles. The quantitative estimate of drug-likeness (QED) is 0.554. The Kier molecular flexibility index (Phi) is 4.05. The van der Waals surface area contributed by atoms with Gasteiger partial charge in [0.25, 0.3) is 0 Å². The molecule has 0 bridgehead atoms. The molecule has 1 aliphatic heterocycles. The molecule has 5 rings (SSSR count). The molecular weight excluding hydrogens is 392 g/mol. The summed E-state index contributed by atoms with van der Waals surface area (Å²) >= 11 is 0. The van der Waals surface area contributed by atoms with E-state index >= 15 is 0 Å². The van der Waals surface area contributed by atoms with Crippen molar-refractivity contribution in [2.45, 2.75) is 11.0 Å². The molecular formula is C20H18N4O4S. The fraction of sp³-hybridized carbons (Fsp3) is 0.200. The Bertz CT molecular complexity index is 1320. The van der Waals surface area contributed by atoms with E-state index in [1.54, 1.807) is 41.3 Å². The number of nitrogens with zero attached hydrogens (tertiary/aromatic N) is 4. The number of furan rings is 1. The highest BCUT2D eigenvalue weighted by atomic mass is 32.2. The van der Waals surface area contributed by atoms with Gasteiger partial charge in [0, 0.05) is 44.2 Å². The van der Waals surface area contributed by atoms with Crippen LogP contribution in [-0.2, 0) is 17.1 Å². The predicted octanol–water partition coefficient (Wildman–Crippen LogP) is 2.26. The van der Waals surface area contributed by atoms with Crippen molar-refractivity contribution in [3.05, 3.63) is 55.0 Å². The third kappa shape index (κ3) is 3.03. The molecule has 1 N–H and O–H groups in total. The van der Waals surface area contributed by atoms with Crippen LogP contribution >= 0.6 is 0 Å². The summed E-state index contributed by atoms with van der Waals surface area (Å²) in [5.74, 6) is 0.645. The molecule has 29 heavy (non-hydrogen) atoms. The Morgan fingerprint density at radius 2 is 2.00 bits per heavy atom. The lowest BCUT2D eigenvalue weighted by atomic mass is 10.1. The number of β-amino-alcohol motifs (C(OH)–C–C–N with tert-alkyl or cyclic N) is 1. The van der Waals surface area contributed by atoms with Gasteiger partial charge in [-0.15, -0.1) is 0 Å². The molecule has 0 radical (unpaired) electrons. The van der Waals surface area contributed by atoms with Crippen molar-refractivity contribution < 1.29 is 17.9 Å². The molecule has 1 aliphatic rings. The summed E-state index contributed by atoms with van der Waals surface area (Å²) in [5.41, 5.74) is 3.57.